The first-order valence-corrected chi connectivity index (χ1v) is 8.30. The fourth-order valence-electron chi connectivity index (χ4n) is 2.43. The van der Waals surface area contributed by atoms with Gasteiger partial charge in [-0.3, -0.25) is 0 Å². The van der Waals surface area contributed by atoms with Crippen LogP contribution in [0.2, 0.25) is 0 Å². The third-order valence-corrected chi connectivity index (χ3v) is 4.61. The normalized spacial score (nSPS) is 16.9. The van der Waals surface area contributed by atoms with Gasteiger partial charge in [0.15, 0.2) is 5.57 Å². The molecule has 0 spiro atoms. The van der Waals surface area contributed by atoms with Crippen molar-refractivity contribution in [1.82, 2.24) is 0 Å². The summed E-state index contributed by atoms with van der Waals surface area (Å²) in [6.45, 7) is 7.19. The van der Waals surface area contributed by atoms with Crippen molar-refractivity contribution < 1.29 is 27.2 Å². The molecule has 29 heavy (non-hydrogen) atoms. The predicted octanol–water partition coefficient (Wildman–Crippen LogP) is 3.12. The fourth-order valence-corrected chi connectivity index (χ4v) is 2.43. The molecular weight excluding hydrogens is 388 g/mol. The summed E-state index contributed by atoms with van der Waals surface area (Å²) < 4.78 is 53.5. The minimum atomic E-state index is -4.93. The molecule has 1 aliphatic heterocycles. The van der Waals surface area contributed by atoms with Gasteiger partial charge in [-0.25, -0.2) is 0 Å². The highest BCUT2D eigenvalue weighted by atomic mass is 19.4. The Kier molecular flexibility index (Phi) is 5.85. The van der Waals surface area contributed by atoms with Gasteiger partial charge in [0, 0.05) is 17.2 Å². The Labute approximate surface area is 166 Å². The summed E-state index contributed by atoms with van der Waals surface area (Å²) in [5.74, 6) is -0.562. The van der Waals surface area contributed by atoms with Crippen molar-refractivity contribution in [1.29, 1.82) is 15.8 Å². The van der Waals surface area contributed by atoms with Crippen LogP contribution in [0.3, 0.4) is 0 Å². The van der Waals surface area contributed by atoms with Crippen LogP contribution in [0.4, 0.5) is 18.9 Å². The smallest absolute Gasteiger partial charge is 0.406 e. The highest BCUT2D eigenvalue weighted by molar-refractivity contribution is 6.64. The molecule has 150 valence electrons. The number of allylic oxidation sites excluding steroid dienone is 2. The number of halogens is 3. The maximum atomic E-state index is 12.6. The molecule has 1 saturated heterocycles. The standard InChI is InChI=1S/C18H16BF3N4O3/c1-16(2)17(3,4)29-19(28-16)13-6-5-12(27-18(20,21)22)7-14(13)26-15(10-25)11(8-23)9-24/h5-7,26H,1-4H3. The topological polar surface area (TPSA) is 111 Å². The van der Waals surface area contributed by atoms with Crippen molar-refractivity contribution in [3.63, 3.8) is 0 Å². The van der Waals surface area contributed by atoms with Crippen molar-refractivity contribution in [2.24, 2.45) is 0 Å². The molecule has 1 N–H and O–H groups in total. The van der Waals surface area contributed by atoms with Crippen LogP contribution in [0.5, 0.6) is 5.75 Å². The summed E-state index contributed by atoms with van der Waals surface area (Å²) in [4.78, 5) is 0. The van der Waals surface area contributed by atoms with Gasteiger partial charge in [0.25, 0.3) is 0 Å². The minimum Gasteiger partial charge on any atom is -0.406 e. The molecule has 0 amide bonds. The van der Waals surface area contributed by atoms with Gasteiger partial charge in [0.05, 0.1) is 11.2 Å². The van der Waals surface area contributed by atoms with Crippen LogP contribution < -0.4 is 15.5 Å². The number of hydrogen-bond donors (Lipinski definition) is 1. The maximum absolute atomic E-state index is 12.6. The Morgan fingerprint density at radius 1 is 1.03 bits per heavy atom. The molecule has 0 atom stereocenters. The molecule has 1 heterocycles. The quantitative estimate of drug-likeness (QED) is 0.606. The molecule has 1 aliphatic rings. The van der Waals surface area contributed by atoms with Crippen molar-refractivity contribution in [2.75, 3.05) is 5.32 Å². The van der Waals surface area contributed by atoms with Crippen LogP contribution in [0.15, 0.2) is 29.5 Å². The number of nitrogens with zero attached hydrogens (tertiary/aromatic N) is 3. The van der Waals surface area contributed by atoms with Gasteiger partial charge in [-0.05, 0) is 33.8 Å². The summed E-state index contributed by atoms with van der Waals surface area (Å²) in [6, 6.07) is 8.10. The van der Waals surface area contributed by atoms with Crippen LogP contribution in [0, 0.1) is 34.0 Å². The van der Waals surface area contributed by atoms with E-state index in [9.17, 15) is 18.4 Å². The van der Waals surface area contributed by atoms with Gasteiger partial charge in [0.2, 0.25) is 0 Å². The molecule has 0 unspecified atom stereocenters. The van der Waals surface area contributed by atoms with Gasteiger partial charge in [-0.15, -0.1) is 13.2 Å². The van der Waals surface area contributed by atoms with E-state index in [0.717, 1.165) is 12.1 Å². The Morgan fingerprint density at radius 2 is 1.59 bits per heavy atom. The second-order valence-corrected chi connectivity index (χ2v) is 7.10. The number of alkyl halides is 3. The van der Waals surface area contributed by atoms with Gasteiger partial charge >= 0.3 is 13.5 Å². The highest BCUT2D eigenvalue weighted by Crippen LogP contribution is 2.37. The van der Waals surface area contributed by atoms with Crippen LogP contribution in [-0.4, -0.2) is 24.7 Å². The molecule has 0 aromatic heterocycles. The van der Waals surface area contributed by atoms with E-state index < -0.39 is 41.7 Å². The Bertz CT molecular complexity index is 937. The number of nitrogens with one attached hydrogen (secondary N) is 1. The lowest BCUT2D eigenvalue weighted by atomic mass is 9.77. The zero-order chi connectivity index (χ0) is 22.0. The molecule has 0 bridgehead atoms. The van der Waals surface area contributed by atoms with Gasteiger partial charge < -0.3 is 19.4 Å². The fraction of sp³-hybridized carbons (Fsp3) is 0.389. The van der Waals surface area contributed by atoms with Gasteiger partial charge in [-0.2, -0.15) is 15.8 Å². The molecular formula is C18H16BF3N4O3. The number of hydrogen-bond acceptors (Lipinski definition) is 7. The highest BCUT2D eigenvalue weighted by Gasteiger charge is 2.52. The largest absolute Gasteiger partial charge is 0.573 e. The average molecular weight is 404 g/mol. The van der Waals surface area contributed by atoms with E-state index in [1.54, 1.807) is 45.9 Å². The first-order chi connectivity index (χ1) is 13.3. The van der Waals surface area contributed by atoms with Crippen LogP contribution in [0.25, 0.3) is 0 Å². The Morgan fingerprint density at radius 3 is 2.03 bits per heavy atom. The summed E-state index contributed by atoms with van der Waals surface area (Å²) in [5, 5.41) is 29.7. The number of rotatable bonds is 4. The molecule has 1 fully saturated rings. The predicted molar refractivity (Wildman–Crippen MR) is 96.3 cm³/mol. The first-order valence-electron chi connectivity index (χ1n) is 8.30. The van der Waals surface area contributed by atoms with E-state index in [1.165, 1.54) is 6.07 Å². The van der Waals surface area contributed by atoms with E-state index in [-0.39, 0.29) is 11.2 Å². The van der Waals surface area contributed by atoms with Crippen molar-refractivity contribution in [3.8, 4) is 24.0 Å². The summed E-state index contributed by atoms with van der Waals surface area (Å²) in [6.07, 6.45) is -4.93. The van der Waals surface area contributed by atoms with Gasteiger partial charge in [-0.1, -0.05) is 6.07 Å². The lowest BCUT2D eigenvalue weighted by Gasteiger charge is -2.32. The third-order valence-electron chi connectivity index (χ3n) is 4.61. The van der Waals surface area contributed by atoms with Crippen molar-refractivity contribution >= 4 is 18.3 Å². The summed E-state index contributed by atoms with van der Waals surface area (Å²) >= 11 is 0. The zero-order valence-electron chi connectivity index (χ0n) is 16.0. The number of anilines is 1. The Balaban J connectivity index is 2.55. The number of benzene rings is 1. The minimum absolute atomic E-state index is 0.0372. The molecule has 1 aromatic carbocycles. The number of ether oxygens (including phenoxy) is 1. The molecule has 2 rings (SSSR count). The van der Waals surface area contributed by atoms with E-state index >= 15 is 0 Å². The van der Waals surface area contributed by atoms with Crippen molar-refractivity contribution in [2.45, 2.75) is 45.3 Å². The van der Waals surface area contributed by atoms with Crippen LogP contribution in [0.1, 0.15) is 27.7 Å². The SMILES string of the molecule is CC1(C)OB(c2ccc(OC(F)(F)F)cc2NC(C#N)=C(C#N)C#N)OC1(C)C. The summed E-state index contributed by atoms with van der Waals surface area (Å²) in [5.41, 5.74) is -2.19. The molecule has 0 saturated carbocycles. The number of nitriles is 3. The molecule has 0 radical (unpaired) electrons. The molecule has 7 nitrogen and oxygen atoms in total. The summed E-state index contributed by atoms with van der Waals surface area (Å²) in [7, 11) is -0.977. The molecule has 11 heteroatoms. The maximum Gasteiger partial charge on any atom is 0.573 e. The monoisotopic (exact) mass is 404 g/mol. The van der Waals surface area contributed by atoms with Gasteiger partial charge in [0.1, 0.15) is 29.7 Å². The second kappa shape index (κ2) is 7.67. The van der Waals surface area contributed by atoms with E-state index in [4.69, 9.17) is 19.8 Å². The van der Waals surface area contributed by atoms with Crippen LogP contribution in [-0.2, 0) is 9.31 Å². The molecule has 0 aliphatic carbocycles. The zero-order valence-corrected chi connectivity index (χ0v) is 16.0. The van der Waals surface area contributed by atoms with Crippen LogP contribution >= 0.6 is 0 Å². The second-order valence-electron chi connectivity index (χ2n) is 7.10. The average Bonchev–Trinajstić information content (AvgIpc) is 2.81. The van der Waals surface area contributed by atoms with E-state index in [2.05, 4.69) is 10.1 Å². The third kappa shape index (κ3) is 4.81. The molecule has 1 aromatic rings. The lowest BCUT2D eigenvalue weighted by Crippen LogP contribution is -2.41. The van der Waals surface area contributed by atoms with Crippen molar-refractivity contribution in [3.05, 3.63) is 29.5 Å². The Hall–Kier alpha value is -3.20. The lowest BCUT2D eigenvalue weighted by molar-refractivity contribution is -0.274. The first kappa shape index (κ1) is 22.1. The van der Waals surface area contributed by atoms with E-state index in [1.807, 2.05) is 0 Å². The van der Waals surface area contributed by atoms with E-state index in [0.29, 0.717) is 0 Å².